The van der Waals surface area contributed by atoms with Crippen molar-refractivity contribution in [2.24, 2.45) is 23.2 Å². The van der Waals surface area contributed by atoms with E-state index in [1.807, 2.05) is 0 Å². The van der Waals surface area contributed by atoms with Gasteiger partial charge < -0.3 is 5.11 Å². The molecule has 2 aliphatic rings. The van der Waals surface area contributed by atoms with Crippen molar-refractivity contribution in [3.8, 4) is 12.3 Å². The highest BCUT2D eigenvalue weighted by molar-refractivity contribution is 5.11. The molecule has 1 heteroatoms. The fourth-order valence-electron chi connectivity index (χ4n) is 5.20. The van der Waals surface area contributed by atoms with Crippen molar-refractivity contribution in [3.63, 3.8) is 0 Å². The standard InChI is InChI=1S/C18H30O/c1-5-7-11-15(6-2)18(19)16-12-9-8-10-14(16)13-17(18,3)4/h1,14-16,19H,6-13H2,2-4H3. The van der Waals surface area contributed by atoms with Crippen LogP contribution in [-0.2, 0) is 0 Å². The van der Waals surface area contributed by atoms with E-state index in [9.17, 15) is 5.11 Å². The minimum absolute atomic E-state index is 0.0436. The topological polar surface area (TPSA) is 20.2 Å². The predicted octanol–water partition coefficient (Wildman–Crippen LogP) is 4.39. The summed E-state index contributed by atoms with van der Waals surface area (Å²) in [5.41, 5.74) is -0.453. The smallest absolute Gasteiger partial charge is 0.0757 e. The highest BCUT2D eigenvalue weighted by Crippen LogP contribution is 2.61. The van der Waals surface area contributed by atoms with Gasteiger partial charge in [0.1, 0.15) is 0 Å². The molecule has 19 heavy (non-hydrogen) atoms. The first-order valence-electron chi connectivity index (χ1n) is 8.13. The summed E-state index contributed by atoms with van der Waals surface area (Å²) < 4.78 is 0. The maximum Gasteiger partial charge on any atom is 0.0757 e. The molecule has 0 bridgehead atoms. The van der Waals surface area contributed by atoms with Crippen LogP contribution in [0.2, 0.25) is 0 Å². The van der Waals surface area contributed by atoms with Crippen LogP contribution in [0.4, 0.5) is 0 Å². The van der Waals surface area contributed by atoms with E-state index in [0.29, 0.717) is 11.8 Å². The molecule has 2 aliphatic carbocycles. The lowest BCUT2D eigenvalue weighted by Crippen LogP contribution is -2.52. The Hall–Kier alpha value is -0.480. The molecular formula is C18H30O. The fraction of sp³-hybridized carbons (Fsp3) is 0.889. The van der Waals surface area contributed by atoms with Crippen LogP contribution < -0.4 is 0 Å². The van der Waals surface area contributed by atoms with Crippen molar-refractivity contribution >= 4 is 0 Å². The van der Waals surface area contributed by atoms with E-state index in [2.05, 4.69) is 26.7 Å². The summed E-state index contributed by atoms with van der Waals surface area (Å²) in [6.07, 6.45) is 14.7. The van der Waals surface area contributed by atoms with Gasteiger partial charge in [0.25, 0.3) is 0 Å². The molecule has 108 valence electrons. The van der Waals surface area contributed by atoms with Gasteiger partial charge in [-0.1, -0.05) is 46.5 Å². The lowest BCUT2D eigenvalue weighted by atomic mass is 9.62. The average molecular weight is 262 g/mol. The van der Waals surface area contributed by atoms with Gasteiger partial charge in [-0.05, 0) is 42.4 Å². The first-order valence-corrected chi connectivity index (χ1v) is 8.13. The van der Waals surface area contributed by atoms with Crippen LogP contribution in [0.25, 0.3) is 0 Å². The third-order valence-corrected chi connectivity index (χ3v) is 6.08. The molecule has 0 heterocycles. The van der Waals surface area contributed by atoms with Gasteiger partial charge in [0.2, 0.25) is 0 Å². The van der Waals surface area contributed by atoms with Crippen molar-refractivity contribution in [2.45, 2.75) is 77.7 Å². The highest BCUT2D eigenvalue weighted by Gasteiger charge is 2.61. The molecule has 2 saturated carbocycles. The number of rotatable bonds is 4. The Bertz CT molecular complexity index is 351. The second kappa shape index (κ2) is 5.49. The summed E-state index contributed by atoms with van der Waals surface area (Å²) in [6, 6.07) is 0. The van der Waals surface area contributed by atoms with Gasteiger partial charge in [0, 0.05) is 6.42 Å². The highest BCUT2D eigenvalue weighted by atomic mass is 16.3. The molecule has 1 N–H and O–H groups in total. The summed E-state index contributed by atoms with van der Waals surface area (Å²) in [5, 5.41) is 11.6. The molecule has 0 aromatic rings. The molecule has 0 amide bonds. The first kappa shape index (κ1) is 14.9. The number of hydrogen-bond donors (Lipinski definition) is 1. The molecule has 2 fully saturated rings. The van der Waals surface area contributed by atoms with Crippen LogP contribution in [0.1, 0.15) is 72.1 Å². The summed E-state index contributed by atoms with van der Waals surface area (Å²) in [6.45, 7) is 6.78. The Balaban J connectivity index is 2.28. The molecule has 0 spiro atoms. The Kier molecular flexibility index (Phi) is 4.31. The zero-order chi connectivity index (χ0) is 14.1. The molecule has 0 saturated heterocycles. The van der Waals surface area contributed by atoms with Gasteiger partial charge in [-0.25, -0.2) is 0 Å². The van der Waals surface area contributed by atoms with Gasteiger partial charge in [-0.15, -0.1) is 12.3 Å². The maximum atomic E-state index is 11.6. The van der Waals surface area contributed by atoms with Gasteiger partial charge in [0.15, 0.2) is 0 Å². The van der Waals surface area contributed by atoms with Crippen LogP contribution in [0.3, 0.4) is 0 Å². The maximum absolute atomic E-state index is 11.6. The normalized spacial score (nSPS) is 38.5. The monoisotopic (exact) mass is 262 g/mol. The van der Waals surface area contributed by atoms with Crippen LogP contribution in [0.5, 0.6) is 0 Å². The fourth-order valence-corrected chi connectivity index (χ4v) is 5.20. The minimum Gasteiger partial charge on any atom is -0.389 e. The number of fused-ring (bicyclic) bond motifs is 1. The van der Waals surface area contributed by atoms with Crippen LogP contribution in [-0.4, -0.2) is 10.7 Å². The molecule has 0 aromatic carbocycles. The average Bonchev–Trinajstić information content (AvgIpc) is 2.59. The van der Waals surface area contributed by atoms with Crippen LogP contribution >= 0.6 is 0 Å². The Morgan fingerprint density at radius 3 is 2.63 bits per heavy atom. The SMILES string of the molecule is C#CCCC(CC)C1(O)C2CCCCC2CC1(C)C. The van der Waals surface area contributed by atoms with Crippen molar-refractivity contribution in [1.29, 1.82) is 0 Å². The molecule has 0 aliphatic heterocycles. The lowest BCUT2D eigenvalue weighted by molar-refractivity contribution is -0.132. The van der Waals surface area contributed by atoms with E-state index in [-0.39, 0.29) is 5.41 Å². The van der Waals surface area contributed by atoms with Gasteiger partial charge in [-0.3, -0.25) is 0 Å². The summed E-state index contributed by atoms with van der Waals surface area (Å²) in [7, 11) is 0. The van der Waals surface area contributed by atoms with E-state index in [0.717, 1.165) is 25.2 Å². The lowest BCUT2D eigenvalue weighted by Gasteiger charge is -2.47. The third-order valence-electron chi connectivity index (χ3n) is 6.08. The van der Waals surface area contributed by atoms with E-state index < -0.39 is 5.60 Å². The minimum atomic E-state index is -0.496. The number of hydrogen-bond acceptors (Lipinski definition) is 1. The third kappa shape index (κ3) is 2.33. The zero-order valence-electron chi connectivity index (χ0n) is 12.9. The van der Waals surface area contributed by atoms with Crippen LogP contribution in [0, 0.1) is 35.5 Å². The molecule has 4 atom stereocenters. The van der Waals surface area contributed by atoms with Crippen molar-refractivity contribution < 1.29 is 5.11 Å². The second-order valence-corrected chi connectivity index (χ2v) is 7.41. The molecule has 2 rings (SSSR count). The number of aliphatic hydroxyl groups is 1. The molecule has 0 radical (unpaired) electrons. The van der Waals surface area contributed by atoms with Gasteiger partial charge in [0.05, 0.1) is 5.60 Å². The Morgan fingerprint density at radius 2 is 2.00 bits per heavy atom. The summed E-state index contributed by atoms with van der Waals surface area (Å²) >= 11 is 0. The van der Waals surface area contributed by atoms with E-state index in [4.69, 9.17) is 6.42 Å². The van der Waals surface area contributed by atoms with E-state index in [1.54, 1.807) is 0 Å². The van der Waals surface area contributed by atoms with Crippen molar-refractivity contribution in [1.82, 2.24) is 0 Å². The van der Waals surface area contributed by atoms with Gasteiger partial charge in [-0.2, -0.15) is 0 Å². The van der Waals surface area contributed by atoms with Crippen molar-refractivity contribution in [3.05, 3.63) is 0 Å². The summed E-state index contributed by atoms with van der Waals surface area (Å²) in [5.74, 6) is 4.39. The predicted molar refractivity (Wildman–Crippen MR) is 80.6 cm³/mol. The second-order valence-electron chi connectivity index (χ2n) is 7.41. The van der Waals surface area contributed by atoms with E-state index in [1.165, 1.54) is 32.1 Å². The Labute approximate surface area is 119 Å². The number of terminal acetylenes is 1. The molecule has 1 nitrogen and oxygen atoms in total. The summed E-state index contributed by atoms with van der Waals surface area (Å²) in [4.78, 5) is 0. The molecular weight excluding hydrogens is 232 g/mol. The largest absolute Gasteiger partial charge is 0.389 e. The first-order chi connectivity index (χ1) is 8.97. The quantitative estimate of drug-likeness (QED) is 0.745. The van der Waals surface area contributed by atoms with E-state index >= 15 is 0 Å². The zero-order valence-corrected chi connectivity index (χ0v) is 12.9. The Morgan fingerprint density at radius 1 is 1.32 bits per heavy atom. The van der Waals surface area contributed by atoms with Crippen molar-refractivity contribution in [2.75, 3.05) is 0 Å². The molecule has 0 aromatic heterocycles. The molecule has 4 unspecified atom stereocenters. The van der Waals surface area contributed by atoms with Crippen LogP contribution in [0.15, 0.2) is 0 Å². The van der Waals surface area contributed by atoms with Gasteiger partial charge >= 0.3 is 0 Å².